The molecule has 10 heteroatoms. The van der Waals surface area contributed by atoms with Crippen LogP contribution in [0.15, 0.2) is 158 Å². The molecule has 0 aliphatic carbocycles. The van der Waals surface area contributed by atoms with Crippen LogP contribution in [0.2, 0.25) is 0 Å². The summed E-state index contributed by atoms with van der Waals surface area (Å²) in [5.41, 5.74) is 5.37. The Bertz CT molecular complexity index is 1780. The maximum absolute atomic E-state index is 12.7. The van der Waals surface area contributed by atoms with E-state index in [0.717, 1.165) is 141 Å². The van der Waals surface area contributed by atoms with Crippen LogP contribution in [-0.4, -0.2) is 49.3 Å². The SMILES string of the molecule is CC/C=C\C/C=C\C/C=C\C/C=C\C/C=C\C/C=C\C/C=C\C/C=C\C/C=C\C/C=C\CCCCCCCCCCC(=O)OC(COC(=O)CCCCCCC/C=C\C/C=C\C/C=C\CC)COP(=O)(O)OCCN. The molecule has 422 valence electrons. The molecule has 0 aromatic rings. The number of rotatable bonds is 52. The average molecular weight is 1060 g/mol. The molecule has 2 atom stereocenters. The number of unbranched alkanes of at least 4 members (excludes halogenated alkanes) is 13. The van der Waals surface area contributed by atoms with E-state index in [-0.39, 0.29) is 32.6 Å². The molecule has 0 saturated heterocycles. The number of hydrogen-bond acceptors (Lipinski definition) is 8. The van der Waals surface area contributed by atoms with E-state index in [4.69, 9.17) is 24.3 Å². The fraction of sp³-hybridized carbons (Fsp3) is 0.569. The lowest BCUT2D eigenvalue weighted by Crippen LogP contribution is -2.29. The van der Waals surface area contributed by atoms with Crippen molar-refractivity contribution < 1.29 is 37.6 Å². The summed E-state index contributed by atoms with van der Waals surface area (Å²) in [7, 11) is -4.40. The van der Waals surface area contributed by atoms with Crippen molar-refractivity contribution in [2.24, 2.45) is 5.73 Å². The molecule has 0 aliphatic rings. The number of phosphoric acid groups is 1. The molecule has 0 aliphatic heterocycles. The van der Waals surface area contributed by atoms with Crippen LogP contribution in [0.1, 0.15) is 206 Å². The minimum absolute atomic E-state index is 0.0411. The zero-order valence-corrected chi connectivity index (χ0v) is 47.9. The van der Waals surface area contributed by atoms with Crippen molar-refractivity contribution >= 4 is 19.8 Å². The number of phosphoric ester groups is 1. The molecule has 0 radical (unpaired) electrons. The molecule has 0 fully saturated rings. The average Bonchev–Trinajstić information content (AvgIpc) is 3.40. The zero-order chi connectivity index (χ0) is 54.5. The summed E-state index contributed by atoms with van der Waals surface area (Å²) in [5, 5.41) is 0. The van der Waals surface area contributed by atoms with Crippen molar-refractivity contribution in [3.05, 3.63) is 158 Å². The lowest BCUT2D eigenvalue weighted by molar-refractivity contribution is -0.161. The zero-order valence-electron chi connectivity index (χ0n) is 47.0. The highest BCUT2D eigenvalue weighted by molar-refractivity contribution is 7.47. The second kappa shape index (κ2) is 58.9. The molecule has 0 heterocycles. The van der Waals surface area contributed by atoms with E-state index < -0.39 is 32.5 Å². The summed E-state index contributed by atoms with van der Waals surface area (Å²) >= 11 is 0. The van der Waals surface area contributed by atoms with Crippen LogP contribution in [-0.2, 0) is 32.7 Å². The van der Waals surface area contributed by atoms with Crippen LogP contribution in [0.5, 0.6) is 0 Å². The second-order valence-electron chi connectivity index (χ2n) is 18.4. The molecular weight excluding hydrogens is 954 g/mol. The number of ether oxygens (including phenoxy) is 2. The Morgan fingerprint density at radius 2 is 0.693 bits per heavy atom. The van der Waals surface area contributed by atoms with Gasteiger partial charge in [-0.3, -0.25) is 18.6 Å². The van der Waals surface area contributed by atoms with Crippen molar-refractivity contribution in [2.45, 2.75) is 213 Å². The number of nitrogens with two attached hydrogens (primary N) is 1. The molecule has 2 unspecified atom stereocenters. The van der Waals surface area contributed by atoms with Gasteiger partial charge in [0.25, 0.3) is 0 Å². The Morgan fingerprint density at radius 3 is 1.03 bits per heavy atom. The van der Waals surface area contributed by atoms with Gasteiger partial charge in [-0.05, 0) is 122 Å². The molecule has 9 nitrogen and oxygen atoms in total. The van der Waals surface area contributed by atoms with Gasteiger partial charge in [-0.2, -0.15) is 0 Å². The summed E-state index contributed by atoms with van der Waals surface area (Å²) < 4.78 is 32.9. The van der Waals surface area contributed by atoms with E-state index in [1.807, 2.05) is 0 Å². The summed E-state index contributed by atoms with van der Waals surface area (Å²) in [6.07, 6.45) is 85.9. The van der Waals surface area contributed by atoms with Crippen molar-refractivity contribution in [3.8, 4) is 0 Å². The number of hydrogen-bond donors (Lipinski definition) is 2. The molecule has 0 bridgehead atoms. The first-order chi connectivity index (χ1) is 36.8. The summed E-state index contributed by atoms with van der Waals surface area (Å²) in [6.45, 7) is 3.46. The lowest BCUT2D eigenvalue weighted by atomic mass is 10.1. The molecule has 0 aromatic carbocycles. The first-order valence-corrected chi connectivity index (χ1v) is 30.5. The number of allylic oxidation sites excluding steroid dienone is 26. The van der Waals surface area contributed by atoms with E-state index in [1.165, 1.54) is 25.7 Å². The summed E-state index contributed by atoms with van der Waals surface area (Å²) in [5.74, 6) is -0.870. The van der Waals surface area contributed by atoms with E-state index >= 15 is 0 Å². The minimum Gasteiger partial charge on any atom is -0.462 e. The van der Waals surface area contributed by atoms with Gasteiger partial charge in [0.2, 0.25) is 0 Å². The quantitative estimate of drug-likeness (QED) is 0.0264. The number of carbonyl (C=O) groups excluding carboxylic acids is 2. The fourth-order valence-corrected chi connectivity index (χ4v) is 7.97. The Labute approximate surface area is 458 Å². The normalized spacial score (nSPS) is 14.2. The van der Waals surface area contributed by atoms with Crippen molar-refractivity contribution in [1.29, 1.82) is 0 Å². The van der Waals surface area contributed by atoms with Crippen LogP contribution in [0.4, 0.5) is 0 Å². The first-order valence-electron chi connectivity index (χ1n) is 29.0. The largest absolute Gasteiger partial charge is 0.472 e. The van der Waals surface area contributed by atoms with Gasteiger partial charge >= 0.3 is 19.8 Å². The summed E-state index contributed by atoms with van der Waals surface area (Å²) in [4.78, 5) is 35.1. The van der Waals surface area contributed by atoms with Crippen molar-refractivity contribution in [3.63, 3.8) is 0 Å². The Morgan fingerprint density at radius 1 is 0.400 bits per heavy atom. The van der Waals surface area contributed by atoms with Gasteiger partial charge in [0.1, 0.15) is 6.61 Å². The third kappa shape index (κ3) is 58.7. The van der Waals surface area contributed by atoms with Gasteiger partial charge in [0.15, 0.2) is 6.10 Å². The van der Waals surface area contributed by atoms with E-state index in [0.29, 0.717) is 12.8 Å². The highest BCUT2D eigenvalue weighted by Crippen LogP contribution is 2.43. The number of carbonyl (C=O) groups is 2. The molecule has 0 rings (SSSR count). The monoisotopic (exact) mass is 1060 g/mol. The smallest absolute Gasteiger partial charge is 0.462 e. The molecule has 75 heavy (non-hydrogen) atoms. The van der Waals surface area contributed by atoms with Gasteiger partial charge < -0.3 is 20.1 Å². The fourth-order valence-electron chi connectivity index (χ4n) is 7.21. The van der Waals surface area contributed by atoms with Crippen LogP contribution in [0.25, 0.3) is 0 Å². The second-order valence-corrected chi connectivity index (χ2v) is 19.8. The Kier molecular flexibility index (Phi) is 55.5. The van der Waals surface area contributed by atoms with Crippen LogP contribution >= 0.6 is 7.82 Å². The molecule has 0 aromatic heterocycles. The predicted octanol–water partition coefficient (Wildman–Crippen LogP) is 18.5. The van der Waals surface area contributed by atoms with Gasteiger partial charge in [-0.25, -0.2) is 4.57 Å². The van der Waals surface area contributed by atoms with E-state index in [2.05, 4.69) is 172 Å². The van der Waals surface area contributed by atoms with Crippen LogP contribution < -0.4 is 5.73 Å². The predicted molar refractivity (Wildman–Crippen MR) is 320 cm³/mol. The molecule has 0 spiro atoms. The third-order valence-electron chi connectivity index (χ3n) is 11.4. The van der Waals surface area contributed by atoms with Crippen molar-refractivity contribution in [1.82, 2.24) is 0 Å². The standard InChI is InChI=1S/C65H104NO8P/c1-3-5-7-9-11-13-15-17-19-20-21-22-23-24-25-26-27-28-29-30-31-32-33-34-35-36-37-38-39-40-41-42-44-46-48-50-52-54-56-58-65(68)74-63(62-73-75(69,70)72-60-59-66)61-71-64(67)57-55-53-51-49-47-45-43-18-16-14-12-10-8-6-4-2/h5-8,11-14,17-19,21-22,24-25,27-28,30-31,33-34,36-37,39-40,43,63H,3-4,9-10,15-16,20,23,26,29,32,35,38,41-42,44-62,66H2,1-2H3,(H,69,70)/b7-5-,8-6-,13-11-,14-12-,19-17-,22-21-,25-24-,28-27-,31-30-,34-33-,37-36-,40-39-,43-18-. The Balaban J connectivity index is 4.02. The molecule has 0 amide bonds. The molecule has 3 N–H and O–H groups in total. The summed E-state index contributed by atoms with van der Waals surface area (Å²) in [6, 6.07) is 0. The highest BCUT2D eigenvalue weighted by Gasteiger charge is 2.26. The maximum Gasteiger partial charge on any atom is 0.472 e. The lowest BCUT2D eigenvalue weighted by Gasteiger charge is -2.19. The van der Waals surface area contributed by atoms with Gasteiger partial charge in [-0.15, -0.1) is 0 Å². The van der Waals surface area contributed by atoms with Gasteiger partial charge in [-0.1, -0.05) is 230 Å². The number of esters is 2. The highest BCUT2D eigenvalue weighted by atomic mass is 31.2. The minimum atomic E-state index is -4.40. The molecular formula is C65H104NO8P. The van der Waals surface area contributed by atoms with E-state index in [1.54, 1.807) is 0 Å². The maximum atomic E-state index is 12.7. The first kappa shape index (κ1) is 70.6. The van der Waals surface area contributed by atoms with Crippen LogP contribution in [0, 0.1) is 0 Å². The Hall–Kier alpha value is -4.37. The topological polar surface area (TPSA) is 134 Å². The van der Waals surface area contributed by atoms with Crippen LogP contribution in [0.3, 0.4) is 0 Å². The van der Waals surface area contributed by atoms with Gasteiger partial charge in [0, 0.05) is 19.4 Å². The van der Waals surface area contributed by atoms with Crippen molar-refractivity contribution in [2.75, 3.05) is 26.4 Å². The van der Waals surface area contributed by atoms with Gasteiger partial charge in [0.05, 0.1) is 13.2 Å². The third-order valence-corrected chi connectivity index (χ3v) is 12.4. The molecule has 0 saturated carbocycles. The van der Waals surface area contributed by atoms with E-state index in [9.17, 15) is 19.0 Å².